The summed E-state index contributed by atoms with van der Waals surface area (Å²) in [7, 11) is 1.29. The van der Waals surface area contributed by atoms with Crippen LogP contribution in [-0.2, 0) is 4.74 Å². The molecule has 1 aliphatic heterocycles. The van der Waals surface area contributed by atoms with E-state index >= 15 is 0 Å². The van der Waals surface area contributed by atoms with E-state index in [2.05, 4.69) is 15.2 Å². The maximum atomic E-state index is 12.1. The molecular formula is C13H15N3O3. The average molecular weight is 261 g/mol. The lowest BCUT2D eigenvalue weighted by molar-refractivity contribution is 0.0753. The van der Waals surface area contributed by atoms with Gasteiger partial charge in [-0.3, -0.25) is 10.1 Å². The van der Waals surface area contributed by atoms with Gasteiger partial charge in [-0.2, -0.15) is 5.10 Å². The Morgan fingerprint density at radius 2 is 2.05 bits per heavy atom. The molecule has 0 aromatic heterocycles. The second-order valence-corrected chi connectivity index (χ2v) is 4.06. The average Bonchev–Trinajstić information content (AvgIpc) is 2.48. The fourth-order valence-electron chi connectivity index (χ4n) is 1.71. The van der Waals surface area contributed by atoms with Crippen LogP contribution in [0.4, 0.5) is 10.5 Å². The molecule has 1 aliphatic rings. The zero-order valence-electron chi connectivity index (χ0n) is 10.6. The molecule has 0 aliphatic carbocycles. The number of anilines is 1. The van der Waals surface area contributed by atoms with Crippen molar-refractivity contribution in [2.45, 2.75) is 12.8 Å². The number of nitrogens with one attached hydrogen (secondary N) is 1. The van der Waals surface area contributed by atoms with Gasteiger partial charge in [-0.25, -0.2) is 9.80 Å². The molecule has 6 nitrogen and oxygen atoms in total. The van der Waals surface area contributed by atoms with Crippen LogP contribution in [0.5, 0.6) is 0 Å². The van der Waals surface area contributed by atoms with Gasteiger partial charge in [0.1, 0.15) is 0 Å². The smallest absolute Gasteiger partial charge is 0.411 e. The molecule has 1 aromatic carbocycles. The van der Waals surface area contributed by atoms with Crippen LogP contribution < -0.4 is 5.32 Å². The molecule has 0 spiro atoms. The normalized spacial score (nSPS) is 14.1. The quantitative estimate of drug-likeness (QED) is 0.886. The van der Waals surface area contributed by atoms with Crippen LogP contribution in [0.15, 0.2) is 29.4 Å². The van der Waals surface area contributed by atoms with Crippen molar-refractivity contribution in [1.82, 2.24) is 5.01 Å². The van der Waals surface area contributed by atoms with Gasteiger partial charge in [0.15, 0.2) is 0 Å². The van der Waals surface area contributed by atoms with Crippen molar-refractivity contribution in [2.75, 3.05) is 19.0 Å². The second-order valence-electron chi connectivity index (χ2n) is 4.06. The molecule has 2 rings (SSSR count). The maximum absolute atomic E-state index is 12.1. The molecule has 0 radical (unpaired) electrons. The Labute approximate surface area is 111 Å². The predicted octanol–water partition coefficient (Wildman–Crippen LogP) is 2.09. The highest BCUT2D eigenvalue weighted by Crippen LogP contribution is 2.13. The molecule has 1 N–H and O–H groups in total. The predicted molar refractivity (Wildman–Crippen MR) is 71.2 cm³/mol. The monoisotopic (exact) mass is 261 g/mol. The third-order valence-electron chi connectivity index (χ3n) is 2.72. The first kappa shape index (κ1) is 13.1. The van der Waals surface area contributed by atoms with Gasteiger partial charge in [-0.1, -0.05) is 0 Å². The van der Waals surface area contributed by atoms with Gasteiger partial charge in [0.25, 0.3) is 5.91 Å². The van der Waals surface area contributed by atoms with Crippen LogP contribution in [0, 0.1) is 0 Å². The van der Waals surface area contributed by atoms with E-state index in [1.54, 1.807) is 30.5 Å². The number of rotatable bonds is 2. The van der Waals surface area contributed by atoms with E-state index in [1.807, 2.05) is 0 Å². The maximum Gasteiger partial charge on any atom is 0.411 e. The Morgan fingerprint density at radius 3 is 2.63 bits per heavy atom. The molecule has 2 amide bonds. The summed E-state index contributed by atoms with van der Waals surface area (Å²) in [5.74, 6) is -0.138. The highest BCUT2D eigenvalue weighted by Gasteiger charge is 2.16. The van der Waals surface area contributed by atoms with E-state index in [-0.39, 0.29) is 5.91 Å². The van der Waals surface area contributed by atoms with E-state index < -0.39 is 6.09 Å². The number of benzene rings is 1. The Bertz CT molecular complexity index is 496. The highest BCUT2D eigenvalue weighted by atomic mass is 16.5. The molecule has 1 heterocycles. The number of nitrogens with zero attached hydrogens (tertiary/aromatic N) is 2. The fraction of sp³-hybridized carbons (Fsp3) is 0.308. The molecule has 0 saturated heterocycles. The standard InChI is InChI=1S/C13H15N3O3/c1-19-13(18)15-11-6-4-10(5-7-11)12(17)16-9-3-2-8-14-16/h4-8H,2-3,9H2,1H3,(H,15,18). The van der Waals surface area contributed by atoms with Gasteiger partial charge in [-0.15, -0.1) is 0 Å². The Kier molecular flexibility index (Phi) is 4.12. The highest BCUT2D eigenvalue weighted by molar-refractivity contribution is 5.95. The van der Waals surface area contributed by atoms with Gasteiger partial charge in [0, 0.05) is 24.0 Å². The first-order valence-electron chi connectivity index (χ1n) is 6.00. The van der Waals surface area contributed by atoms with Crippen molar-refractivity contribution in [3.05, 3.63) is 29.8 Å². The van der Waals surface area contributed by atoms with E-state index in [1.165, 1.54) is 12.1 Å². The summed E-state index contributed by atoms with van der Waals surface area (Å²) in [5.41, 5.74) is 1.11. The van der Waals surface area contributed by atoms with Crippen LogP contribution in [0.25, 0.3) is 0 Å². The van der Waals surface area contributed by atoms with Gasteiger partial charge < -0.3 is 4.74 Å². The first-order valence-corrected chi connectivity index (χ1v) is 6.00. The van der Waals surface area contributed by atoms with Gasteiger partial charge in [0.05, 0.1) is 7.11 Å². The molecule has 0 saturated carbocycles. The minimum absolute atomic E-state index is 0.138. The number of ether oxygens (including phenoxy) is 1. The largest absolute Gasteiger partial charge is 0.453 e. The summed E-state index contributed by atoms with van der Waals surface area (Å²) in [6.07, 6.45) is 3.04. The minimum atomic E-state index is -0.542. The van der Waals surface area contributed by atoms with Crippen LogP contribution in [0.3, 0.4) is 0 Å². The lowest BCUT2D eigenvalue weighted by Crippen LogP contribution is -2.29. The number of hydrazone groups is 1. The van der Waals surface area contributed by atoms with Crippen LogP contribution in [0.2, 0.25) is 0 Å². The van der Waals surface area contributed by atoms with Crippen LogP contribution in [-0.4, -0.2) is 36.9 Å². The van der Waals surface area contributed by atoms with Gasteiger partial charge in [0.2, 0.25) is 0 Å². The summed E-state index contributed by atoms with van der Waals surface area (Å²) in [6, 6.07) is 6.60. The molecule has 6 heteroatoms. The zero-order valence-corrected chi connectivity index (χ0v) is 10.6. The molecule has 0 atom stereocenters. The Balaban J connectivity index is 2.05. The Morgan fingerprint density at radius 1 is 1.32 bits per heavy atom. The number of carbonyl (C=O) groups excluding carboxylic acids is 2. The lowest BCUT2D eigenvalue weighted by Gasteiger charge is -2.19. The number of hydrogen-bond donors (Lipinski definition) is 1. The van der Waals surface area contributed by atoms with Gasteiger partial charge in [-0.05, 0) is 37.1 Å². The van der Waals surface area contributed by atoms with Crippen LogP contribution in [0.1, 0.15) is 23.2 Å². The SMILES string of the molecule is COC(=O)Nc1ccc(C(=O)N2CCCC=N2)cc1. The lowest BCUT2D eigenvalue weighted by atomic mass is 10.2. The molecule has 0 unspecified atom stereocenters. The summed E-state index contributed by atoms with van der Waals surface area (Å²) in [6.45, 7) is 0.636. The van der Waals surface area contributed by atoms with Crippen molar-refractivity contribution in [3.8, 4) is 0 Å². The summed E-state index contributed by atoms with van der Waals surface area (Å²) < 4.78 is 4.48. The van der Waals surface area contributed by atoms with E-state index in [9.17, 15) is 9.59 Å². The number of hydrogen-bond acceptors (Lipinski definition) is 4. The van der Waals surface area contributed by atoms with E-state index in [4.69, 9.17) is 0 Å². The summed E-state index contributed by atoms with van der Waals surface area (Å²) in [5, 5.41) is 8.03. The van der Waals surface area contributed by atoms with Crippen LogP contribution >= 0.6 is 0 Å². The zero-order chi connectivity index (χ0) is 13.7. The van der Waals surface area contributed by atoms with E-state index in [0.29, 0.717) is 17.8 Å². The van der Waals surface area contributed by atoms with Gasteiger partial charge >= 0.3 is 6.09 Å². The second kappa shape index (κ2) is 5.99. The molecule has 19 heavy (non-hydrogen) atoms. The summed E-state index contributed by atoms with van der Waals surface area (Å²) >= 11 is 0. The van der Waals surface area contributed by atoms with Crippen molar-refractivity contribution in [2.24, 2.45) is 5.10 Å². The van der Waals surface area contributed by atoms with Crippen molar-refractivity contribution >= 4 is 23.9 Å². The third-order valence-corrected chi connectivity index (χ3v) is 2.72. The Hall–Kier alpha value is -2.37. The molecule has 1 aromatic rings. The van der Waals surface area contributed by atoms with E-state index in [0.717, 1.165) is 12.8 Å². The number of amides is 2. The first-order chi connectivity index (χ1) is 9.20. The topological polar surface area (TPSA) is 71.0 Å². The van der Waals surface area contributed by atoms with Crippen molar-refractivity contribution in [3.63, 3.8) is 0 Å². The number of carbonyl (C=O) groups is 2. The minimum Gasteiger partial charge on any atom is -0.453 e. The molecular weight excluding hydrogens is 246 g/mol. The fourth-order valence-corrected chi connectivity index (χ4v) is 1.71. The summed E-state index contributed by atoms with van der Waals surface area (Å²) in [4.78, 5) is 23.1. The molecule has 0 fully saturated rings. The molecule has 0 bridgehead atoms. The van der Waals surface area contributed by atoms with Crippen molar-refractivity contribution < 1.29 is 14.3 Å². The number of methoxy groups -OCH3 is 1. The molecule has 100 valence electrons. The van der Waals surface area contributed by atoms with Crippen molar-refractivity contribution in [1.29, 1.82) is 0 Å². The third kappa shape index (κ3) is 3.31.